The molecule has 1 amide bonds. The van der Waals surface area contributed by atoms with Gasteiger partial charge in [0.1, 0.15) is 0 Å². The summed E-state index contributed by atoms with van der Waals surface area (Å²) in [5, 5.41) is 1.21. The second-order valence-electron chi connectivity index (χ2n) is 6.85. The topological polar surface area (TPSA) is 56.0 Å². The predicted molar refractivity (Wildman–Crippen MR) is 110 cm³/mol. The van der Waals surface area contributed by atoms with Crippen molar-refractivity contribution in [3.05, 3.63) is 65.9 Å². The molecular formula is C23H30N2O. The molecule has 138 valence electrons. The van der Waals surface area contributed by atoms with E-state index >= 15 is 0 Å². The number of unbranched alkanes of at least 4 members (excludes halogenated alkanes) is 6. The van der Waals surface area contributed by atoms with Crippen LogP contribution in [0.3, 0.4) is 0 Å². The van der Waals surface area contributed by atoms with E-state index in [1.165, 1.54) is 55.7 Å². The van der Waals surface area contributed by atoms with Gasteiger partial charge < -0.3 is 5.73 Å². The maximum absolute atomic E-state index is 10.7. The number of hydrogen-bond acceptors (Lipinski definition) is 2. The number of para-hydroxylation sites is 1. The van der Waals surface area contributed by atoms with Crippen LogP contribution in [0.2, 0.25) is 0 Å². The summed E-state index contributed by atoms with van der Waals surface area (Å²) >= 11 is 0. The van der Waals surface area contributed by atoms with Crippen molar-refractivity contribution >= 4 is 16.8 Å². The van der Waals surface area contributed by atoms with Gasteiger partial charge in [0.2, 0.25) is 5.91 Å². The number of aryl methyl sites for hydroxylation is 1. The smallest absolute Gasteiger partial charge is 0.241 e. The highest BCUT2D eigenvalue weighted by Gasteiger charge is 1.98. The Labute approximate surface area is 157 Å². The Morgan fingerprint density at radius 2 is 1.73 bits per heavy atom. The number of hydrogen-bond donors (Lipinski definition) is 1. The number of nitrogens with two attached hydrogens (primary N) is 1. The number of rotatable bonds is 11. The van der Waals surface area contributed by atoms with Crippen molar-refractivity contribution < 1.29 is 4.79 Å². The summed E-state index contributed by atoms with van der Waals surface area (Å²) in [6.45, 7) is 1.89. The van der Waals surface area contributed by atoms with Crippen LogP contribution in [0, 0.1) is 0 Å². The fourth-order valence-corrected chi connectivity index (χ4v) is 3.06. The maximum Gasteiger partial charge on any atom is 0.241 e. The van der Waals surface area contributed by atoms with Gasteiger partial charge in [-0.1, -0.05) is 62.1 Å². The van der Waals surface area contributed by atoms with E-state index in [2.05, 4.69) is 36.4 Å². The van der Waals surface area contributed by atoms with Crippen LogP contribution in [-0.2, 0) is 11.2 Å². The predicted octanol–water partition coefficient (Wildman–Crippen LogP) is 5.50. The van der Waals surface area contributed by atoms with Gasteiger partial charge >= 0.3 is 0 Å². The number of carbonyl (C=O) groups is 1. The van der Waals surface area contributed by atoms with E-state index in [1.807, 2.05) is 19.1 Å². The van der Waals surface area contributed by atoms with Crippen LogP contribution in [-0.4, -0.2) is 10.9 Å². The molecule has 1 aromatic carbocycles. The molecule has 0 fully saturated rings. The lowest BCUT2D eigenvalue weighted by atomic mass is 10.1. The van der Waals surface area contributed by atoms with Crippen LogP contribution < -0.4 is 5.73 Å². The van der Waals surface area contributed by atoms with Crippen molar-refractivity contribution in [1.29, 1.82) is 0 Å². The van der Waals surface area contributed by atoms with E-state index in [1.54, 1.807) is 0 Å². The van der Waals surface area contributed by atoms with Gasteiger partial charge in [0, 0.05) is 17.2 Å². The molecule has 0 radical (unpaired) electrons. The lowest BCUT2D eigenvalue weighted by Crippen LogP contribution is -2.06. The molecule has 1 heterocycles. The Hall–Kier alpha value is -2.42. The maximum atomic E-state index is 10.7. The highest BCUT2D eigenvalue weighted by Crippen LogP contribution is 2.14. The first kappa shape index (κ1) is 19.9. The van der Waals surface area contributed by atoms with Gasteiger partial charge in [-0.25, -0.2) is 0 Å². The zero-order chi connectivity index (χ0) is 18.6. The number of benzene rings is 1. The van der Waals surface area contributed by atoms with Gasteiger partial charge in [-0.05, 0) is 50.3 Å². The average molecular weight is 351 g/mol. The number of fused-ring (bicyclic) bond motifs is 1. The number of primary amides is 1. The van der Waals surface area contributed by atoms with Crippen molar-refractivity contribution in [2.45, 2.75) is 58.3 Å². The Morgan fingerprint density at radius 3 is 2.54 bits per heavy atom. The summed E-state index contributed by atoms with van der Waals surface area (Å²) in [4.78, 5) is 15.5. The molecule has 2 N–H and O–H groups in total. The van der Waals surface area contributed by atoms with E-state index in [0.717, 1.165) is 23.9 Å². The van der Waals surface area contributed by atoms with Crippen LogP contribution in [0.5, 0.6) is 0 Å². The number of pyridine rings is 1. The minimum atomic E-state index is -0.383. The number of carbonyl (C=O) groups excluding carboxylic acids is 1. The van der Waals surface area contributed by atoms with Gasteiger partial charge in [0.05, 0.1) is 5.52 Å². The fourth-order valence-electron chi connectivity index (χ4n) is 3.06. The average Bonchev–Trinajstić information content (AvgIpc) is 2.62. The molecule has 0 saturated heterocycles. The SMILES string of the molecule is CC(/C=C/CCCCCCCCc1ccc2ccccc2n1)=C\C(N)=O. The van der Waals surface area contributed by atoms with Gasteiger partial charge in [-0.15, -0.1) is 0 Å². The zero-order valence-corrected chi connectivity index (χ0v) is 15.8. The molecular weight excluding hydrogens is 320 g/mol. The van der Waals surface area contributed by atoms with Gasteiger partial charge in [0.25, 0.3) is 0 Å². The Bertz CT molecular complexity index is 762. The summed E-state index contributed by atoms with van der Waals surface area (Å²) in [5.74, 6) is -0.383. The lowest BCUT2D eigenvalue weighted by Gasteiger charge is -2.03. The number of nitrogens with zero attached hydrogens (tertiary/aromatic N) is 1. The highest BCUT2D eigenvalue weighted by atomic mass is 16.1. The second kappa shape index (κ2) is 11.2. The summed E-state index contributed by atoms with van der Waals surface area (Å²) in [5.41, 5.74) is 8.33. The van der Waals surface area contributed by atoms with E-state index in [-0.39, 0.29) is 5.91 Å². The van der Waals surface area contributed by atoms with Gasteiger partial charge in [0.15, 0.2) is 0 Å². The molecule has 1 aromatic heterocycles. The number of aromatic nitrogens is 1. The standard InChI is InChI=1S/C23H30N2O/c1-19(18-23(24)26)12-8-6-4-2-3-5-7-9-14-21-17-16-20-13-10-11-15-22(20)25-21/h8,10-13,15-18H,2-7,9,14H2,1H3,(H2,24,26)/b12-8+,19-18+. The van der Waals surface area contributed by atoms with Crippen molar-refractivity contribution in [2.75, 3.05) is 0 Å². The summed E-state index contributed by atoms with van der Waals surface area (Å²) in [6, 6.07) is 12.6. The lowest BCUT2D eigenvalue weighted by molar-refractivity contribution is -0.113. The molecule has 2 rings (SSSR count). The molecule has 0 aliphatic heterocycles. The van der Waals surface area contributed by atoms with Crippen LogP contribution >= 0.6 is 0 Å². The molecule has 0 spiro atoms. The third-order valence-corrected chi connectivity index (χ3v) is 4.46. The minimum Gasteiger partial charge on any atom is -0.366 e. The largest absolute Gasteiger partial charge is 0.366 e. The van der Waals surface area contributed by atoms with Crippen molar-refractivity contribution in [3.63, 3.8) is 0 Å². The van der Waals surface area contributed by atoms with E-state index in [0.29, 0.717) is 0 Å². The third kappa shape index (κ3) is 7.64. The first-order chi connectivity index (χ1) is 12.6. The normalized spacial score (nSPS) is 12.1. The van der Waals surface area contributed by atoms with Crippen molar-refractivity contribution in [3.8, 4) is 0 Å². The minimum absolute atomic E-state index is 0.383. The van der Waals surface area contributed by atoms with Crippen LogP contribution in [0.15, 0.2) is 60.2 Å². The monoisotopic (exact) mass is 350 g/mol. The fraction of sp³-hybridized carbons (Fsp3) is 0.391. The molecule has 0 aliphatic rings. The third-order valence-electron chi connectivity index (χ3n) is 4.46. The van der Waals surface area contributed by atoms with Crippen molar-refractivity contribution in [2.24, 2.45) is 5.73 Å². The van der Waals surface area contributed by atoms with E-state index in [9.17, 15) is 4.79 Å². The van der Waals surface area contributed by atoms with Crippen LogP contribution in [0.4, 0.5) is 0 Å². The molecule has 0 bridgehead atoms. The first-order valence-electron chi connectivity index (χ1n) is 9.64. The zero-order valence-electron chi connectivity index (χ0n) is 15.8. The van der Waals surface area contributed by atoms with Gasteiger partial charge in [-0.2, -0.15) is 0 Å². The summed E-state index contributed by atoms with van der Waals surface area (Å²) < 4.78 is 0. The van der Waals surface area contributed by atoms with Crippen LogP contribution in [0.1, 0.15) is 57.6 Å². The molecule has 0 saturated carbocycles. The van der Waals surface area contributed by atoms with Gasteiger partial charge in [-0.3, -0.25) is 9.78 Å². The van der Waals surface area contributed by atoms with Crippen molar-refractivity contribution in [1.82, 2.24) is 4.98 Å². The molecule has 3 nitrogen and oxygen atoms in total. The molecule has 26 heavy (non-hydrogen) atoms. The second-order valence-corrected chi connectivity index (χ2v) is 6.85. The molecule has 3 heteroatoms. The summed E-state index contributed by atoms with van der Waals surface area (Å²) in [7, 11) is 0. The Kier molecular flexibility index (Phi) is 8.61. The first-order valence-corrected chi connectivity index (χ1v) is 9.64. The van der Waals surface area contributed by atoms with Crippen LogP contribution in [0.25, 0.3) is 10.9 Å². The summed E-state index contributed by atoms with van der Waals surface area (Å²) in [6.07, 6.45) is 15.2. The number of allylic oxidation sites excluding steroid dienone is 3. The van der Waals surface area contributed by atoms with E-state index < -0.39 is 0 Å². The molecule has 2 aromatic rings. The Morgan fingerprint density at radius 1 is 1.00 bits per heavy atom. The molecule has 0 aliphatic carbocycles. The quantitative estimate of drug-likeness (QED) is 0.331. The number of amides is 1. The molecule has 0 unspecified atom stereocenters. The van der Waals surface area contributed by atoms with E-state index in [4.69, 9.17) is 10.7 Å². The Balaban J connectivity index is 1.52. The highest BCUT2D eigenvalue weighted by molar-refractivity contribution is 5.86. The molecule has 0 atom stereocenters.